The highest BCUT2D eigenvalue weighted by atomic mass is 19.4. The lowest BCUT2D eigenvalue weighted by molar-refractivity contribution is -0.135. The SMILES string of the molecule is CC(CCCC(F)(F)F)NC1CC1c1ccccc1. The molecule has 0 amide bonds. The number of benzene rings is 1. The minimum Gasteiger partial charge on any atom is -0.311 e. The molecule has 0 heterocycles. The van der Waals surface area contributed by atoms with Crippen LogP contribution in [0, 0.1) is 0 Å². The summed E-state index contributed by atoms with van der Waals surface area (Å²) in [7, 11) is 0. The van der Waals surface area contributed by atoms with Crippen LogP contribution in [0.4, 0.5) is 13.2 Å². The van der Waals surface area contributed by atoms with E-state index < -0.39 is 12.6 Å². The van der Waals surface area contributed by atoms with Crippen LogP contribution in [0.5, 0.6) is 0 Å². The van der Waals surface area contributed by atoms with Crippen LogP contribution in [0.15, 0.2) is 30.3 Å². The van der Waals surface area contributed by atoms with Crippen LogP contribution < -0.4 is 5.32 Å². The Kier molecular flexibility index (Phi) is 4.50. The lowest BCUT2D eigenvalue weighted by Gasteiger charge is -2.14. The van der Waals surface area contributed by atoms with Crippen molar-refractivity contribution in [3.05, 3.63) is 35.9 Å². The second kappa shape index (κ2) is 5.95. The van der Waals surface area contributed by atoms with Gasteiger partial charge in [0.15, 0.2) is 0 Å². The first kappa shape index (κ1) is 14.4. The molecular formula is C15H20F3N. The van der Waals surface area contributed by atoms with E-state index in [1.807, 2.05) is 25.1 Å². The number of hydrogen-bond donors (Lipinski definition) is 1. The number of alkyl halides is 3. The van der Waals surface area contributed by atoms with Crippen molar-refractivity contribution in [1.82, 2.24) is 5.32 Å². The first-order chi connectivity index (χ1) is 8.96. The van der Waals surface area contributed by atoms with Gasteiger partial charge in [-0.3, -0.25) is 0 Å². The molecule has 1 N–H and O–H groups in total. The predicted molar refractivity (Wildman–Crippen MR) is 70.1 cm³/mol. The highest BCUT2D eigenvalue weighted by Gasteiger charge is 2.38. The maximum Gasteiger partial charge on any atom is 0.389 e. The van der Waals surface area contributed by atoms with Crippen LogP contribution in [0.2, 0.25) is 0 Å². The Morgan fingerprint density at radius 2 is 1.95 bits per heavy atom. The largest absolute Gasteiger partial charge is 0.389 e. The third-order valence-electron chi connectivity index (χ3n) is 3.61. The summed E-state index contributed by atoms with van der Waals surface area (Å²) in [6.45, 7) is 1.97. The summed E-state index contributed by atoms with van der Waals surface area (Å²) in [5.41, 5.74) is 1.32. The fourth-order valence-corrected chi connectivity index (χ4v) is 2.51. The van der Waals surface area contributed by atoms with Crippen molar-refractivity contribution in [1.29, 1.82) is 0 Å². The summed E-state index contributed by atoms with van der Waals surface area (Å²) in [5.74, 6) is 0.534. The van der Waals surface area contributed by atoms with E-state index in [4.69, 9.17) is 0 Å². The summed E-state index contributed by atoms with van der Waals surface area (Å²) in [6, 6.07) is 10.9. The molecule has 106 valence electrons. The lowest BCUT2D eigenvalue weighted by Crippen LogP contribution is -2.29. The summed E-state index contributed by atoms with van der Waals surface area (Å²) in [5, 5.41) is 3.42. The van der Waals surface area contributed by atoms with Crippen LogP contribution in [-0.4, -0.2) is 18.3 Å². The second-order valence-corrected chi connectivity index (χ2v) is 5.43. The van der Waals surface area contributed by atoms with Gasteiger partial charge in [-0.15, -0.1) is 0 Å². The van der Waals surface area contributed by atoms with Gasteiger partial charge in [-0.2, -0.15) is 13.2 Å². The van der Waals surface area contributed by atoms with E-state index in [-0.39, 0.29) is 12.5 Å². The highest BCUT2D eigenvalue weighted by Crippen LogP contribution is 2.41. The molecule has 3 atom stereocenters. The molecule has 1 aliphatic carbocycles. The number of halogens is 3. The predicted octanol–water partition coefficient (Wildman–Crippen LogP) is 4.25. The Hall–Kier alpha value is -1.03. The summed E-state index contributed by atoms with van der Waals surface area (Å²) < 4.78 is 36.1. The minimum absolute atomic E-state index is 0.154. The monoisotopic (exact) mass is 271 g/mol. The van der Waals surface area contributed by atoms with Crippen molar-refractivity contribution in [3.8, 4) is 0 Å². The Morgan fingerprint density at radius 3 is 2.58 bits per heavy atom. The van der Waals surface area contributed by atoms with E-state index in [2.05, 4.69) is 17.4 Å². The summed E-state index contributed by atoms with van der Waals surface area (Å²) in [6.07, 6.45) is -2.82. The molecule has 0 aromatic heterocycles. The molecular weight excluding hydrogens is 251 g/mol. The molecule has 4 heteroatoms. The van der Waals surface area contributed by atoms with Crippen molar-refractivity contribution in [3.63, 3.8) is 0 Å². The van der Waals surface area contributed by atoms with Gasteiger partial charge in [0.1, 0.15) is 0 Å². The Balaban J connectivity index is 1.67. The van der Waals surface area contributed by atoms with Gasteiger partial charge in [0.25, 0.3) is 0 Å². The Morgan fingerprint density at radius 1 is 1.26 bits per heavy atom. The molecule has 1 nitrogen and oxygen atoms in total. The van der Waals surface area contributed by atoms with Crippen LogP contribution in [0.25, 0.3) is 0 Å². The molecule has 2 rings (SSSR count). The fraction of sp³-hybridized carbons (Fsp3) is 0.600. The van der Waals surface area contributed by atoms with E-state index in [9.17, 15) is 13.2 Å². The van der Waals surface area contributed by atoms with Crippen LogP contribution in [0.3, 0.4) is 0 Å². The van der Waals surface area contributed by atoms with Crippen molar-refractivity contribution >= 4 is 0 Å². The van der Waals surface area contributed by atoms with Gasteiger partial charge in [0, 0.05) is 24.4 Å². The average Bonchev–Trinajstić information content (AvgIpc) is 3.07. The quantitative estimate of drug-likeness (QED) is 0.815. The summed E-state index contributed by atoms with van der Waals surface area (Å²) >= 11 is 0. The number of rotatable bonds is 6. The van der Waals surface area contributed by atoms with Gasteiger partial charge in [0.05, 0.1) is 0 Å². The molecule has 0 bridgehead atoms. The molecule has 1 aromatic carbocycles. The average molecular weight is 271 g/mol. The molecule has 1 aromatic rings. The molecule has 3 unspecified atom stereocenters. The van der Waals surface area contributed by atoms with Crippen LogP contribution >= 0.6 is 0 Å². The van der Waals surface area contributed by atoms with E-state index in [1.165, 1.54) is 5.56 Å². The van der Waals surface area contributed by atoms with E-state index >= 15 is 0 Å². The van der Waals surface area contributed by atoms with E-state index in [0.29, 0.717) is 18.4 Å². The van der Waals surface area contributed by atoms with Gasteiger partial charge >= 0.3 is 6.18 Å². The maximum atomic E-state index is 12.0. The molecule has 0 radical (unpaired) electrons. The van der Waals surface area contributed by atoms with Gasteiger partial charge in [-0.05, 0) is 31.7 Å². The zero-order valence-corrected chi connectivity index (χ0v) is 11.1. The van der Waals surface area contributed by atoms with Crippen molar-refractivity contribution in [2.24, 2.45) is 0 Å². The summed E-state index contributed by atoms with van der Waals surface area (Å²) in [4.78, 5) is 0. The van der Waals surface area contributed by atoms with E-state index in [0.717, 1.165) is 6.42 Å². The smallest absolute Gasteiger partial charge is 0.311 e. The Bertz CT molecular complexity index is 388. The van der Waals surface area contributed by atoms with Gasteiger partial charge in [-0.25, -0.2) is 0 Å². The third-order valence-corrected chi connectivity index (χ3v) is 3.61. The lowest BCUT2D eigenvalue weighted by atomic mass is 10.1. The minimum atomic E-state index is -4.02. The standard InChI is InChI=1S/C15H20F3N/c1-11(6-5-9-15(16,17)18)19-14-10-13(14)12-7-3-2-4-8-12/h2-4,7-8,11,13-14,19H,5-6,9-10H2,1H3. The number of nitrogens with one attached hydrogen (secondary N) is 1. The molecule has 1 saturated carbocycles. The van der Waals surface area contributed by atoms with Crippen molar-refractivity contribution in [2.75, 3.05) is 0 Å². The molecule has 19 heavy (non-hydrogen) atoms. The van der Waals surface area contributed by atoms with Crippen LogP contribution in [-0.2, 0) is 0 Å². The molecule has 1 fully saturated rings. The Labute approximate surface area is 112 Å². The van der Waals surface area contributed by atoms with Crippen LogP contribution in [0.1, 0.15) is 44.1 Å². The highest BCUT2D eigenvalue weighted by molar-refractivity contribution is 5.27. The zero-order chi connectivity index (χ0) is 13.9. The molecule has 0 spiro atoms. The van der Waals surface area contributed by atoms with E-state index in [1.54, 1.807) is 0 Å². The second-order valence-electron chi connectivity index (χ2n) is 5.43. The molecule has 0 saturated heterocycles. The van der Waals surface area contributed by atoms with Gasteiger partial charge < -0.3 is 5.32 Å². The van der Waals surface area contributed by atoms with Gasteiger partial charge in [0.2, 0.25) is 0 Å². The van der Waals surface area contributed by atoms with Crippen molar-refractivity contribution < 1.29 is 13.2 Å². The normalized spacial score (nSPS) is 24.2. The molecule has 1 aliphatic rings. The topological polar surface area (TPSA) is 12.0 Å². The number of hydrogen-bond acceptors (Lipinski definition) is 1. The molecule has 0 aliphatic heterocycles. The fourth-order valence-electron chi connectivity index (χ4n) is 2.51. The zero-order valence-electron chi connectivity index (χ0n) is 11.1. The van der Waals surface area contributed by atoms with Gasteiger partial charge in [-0.1, -0.05) is 30.3 Å². The van der Waals surface area contributed by atoms with Crippen molar-refractivity contribution in [2.45, 2.75) is 56.8 Å². The third kappa shape index (κ3) is 4.86. The first-order valence-corrected chi connectivity index (χ1v) is 6.83. The first-order valence-electron chi connectivity index (χ1n) is 6.83. The maximum absolute atomic E-state index is 12.0.